The van der Waals surface area contributed by atoms with Crippen LogP contribution in [0.2, 0.25) is 0 Å². The number of benzene rings is 2. The number of hydrogen-bond donors (Lipinski definition) is 2. The Hall–Kier alpha value is -2.56. The van der Waals surface area contributed by atoms with Crippen LogP contribution in [0.4, 0.5) is 15.8 Å². The van der Waals surface area contributed by atoms with E-state index in [0.717, 1.165) is 0 Å². The Morgan fingerprint density at radius 3 is 2.65 bits per heavy atom. The summed E-state index contributed by atoms with van der Waals surface area (Å²) >= 11 is 0. The van der Waals surface area contributed by atoms with Gasteiger partial charge in [-0.2, -0.15) is 0 Å². The highest BCUT2D eigenvalue weighted by atomic mass is 19.1. The van der Waals surface area contributed by atoms with Crippen molar-refractivity contribution in [2.75, 3.05) is 17.7 Å². The lowest BCUT2D eigenvalue weighted by Crippen LogP contribution is -2.20. The second-order valence-electron chi connectivity index (χ2n) is 4.32. The molecule has 0 aliphatic carbocycles. The normalized spacial score (nSPS) is 10.1. The maximum absolute atomic E-state index is 13.3. The van der Waals surface area contributed by atoms with Gasteiger partial charge < -0.3 is 15.8 Å². The van der Waals surface area contributed by atoms with E-state index in [0.29, 0.717) is 22.7 Å². The van der Waals surface area contributed by atoms with Gasteiger partial charge in [0, 0.05) is 16.9 Å². The van der Waals surface area contributed by atoms with Gasteiger partial charge in [-0.3, -0.25) is 4.79 Å². The Bertz CT molecular complexity index is 612. The highest BCUT2D eigenvalue weighted by Crippen LogP contribution is 2.17. The summed E-state index contributed by atoms with van der Waals surface area (Å²) in [4.78, 5) is 11.7. The van der Waals surface area contributed by atoms with Gasteiger partial charge in [-0.1, -0.05) is 6.07 Å². The molecule has 0 saturated carbocycles. The fourth-order valence-electron chi connectivity index (χ4n) is 1.64. The Morgan fingerprint density at radius 2 is 1.95 bits per heavy atom. The van der Waals surface area contributed by atoms with Crippen LogP contribution in [0.25, 0.3) is 0 Å². The first-order valence-electron chi connectivity index (χ1n) is 6.09. The number of rotatable bonds is 4. The van der Waals surface area contributed by atoms with Crippen LogP contribution in [0.15, 0.2) is 42.5 Å². The minimum Gasteiger partial charge on any atom is -0.484 e. The van der Waals surface area contributed by atoms with Gasteiger partial charge in [0.05, 0.1) is 0 Å². The van der Waals surface area contributed by atoms with Crippen molar-refractivity contribution in [3.63, 3.8) is 0 Å². The molecule has 2 aromatic carbocycles. The van der Waals surface area contributed by atoms with Gasteiger partial charge in [-0.05, 0) is 43.3 Å². The summed E-state index contributed by atoms with van der Waals surface area (Å²) in [5.74, 6) is -0.164. The van der Waals surface area contributed by atoms with E-state index < -0.39 is 0 Å². The molecular formula is C15H15FN2O2. The lowest BCUT2D eigenvalue weighted by atomic mass is 10.2. The van der Waals surface area contributed by atoms with Crippen molar-refractivity contribution in [3.05, 3.63) is 53.8 Å². The van der Waals surface area contributed by atoms with Crippen LogP contribution >= 0.6 is 0 Å². The van der Waals surface area contributed by atoms with E-state index in [1.807, 2.05) is 0 Å². The number of nitrogen functional groups attached to an aromatic ring is 1. The molecule has 3 N–H and O–H groups in total. The van der Waals surface area contributed by atoms with Crippen molar-refractivity contribution < 1.29 is 13.9 Å². The van der Waals surface area contributed by atoms with Gasteiger partial charge in [0.2, 0.25) is 0 Å². The van der Waals surface area contributed by atoms with E-state index in [2.05, 4.69) is 5.32 Å². The van der Waals surface area contributed by atoms with E-state index in [1.165, 1.54) is 6.07 Å². The smallest absolute Gasteiger partial charge is 0.262 e. The minimum absolute atomic E-state index is 0.153. The molecule has 0 aliphatic rings. The predicted molar refractivity (Wildman–Crippen MR) is 76.1 cm³/mol. The van der Waals surface area contributed by atoms with Crippen molar-refractivity contribution >= 4 is 17.3 Å². The minimum atomic E-state index is -0.359. The molecular weight excluding hydrogens is 259 g/mol. The summed E-state index contributed by atoms with van der Waals surface area (Å²) < 4.78 is 18.6. The summed E-state index contributed by atoms with van der Waals surface area (Å²) in [6.07, 6.45) is 0. The molecule has 0 fully saturated rings. The standard InChI is InChI=1S/C15H15FN2O2/c1-10-13(16)3-2-4-14(10)18-15(19)9-20-12-7-5-11(17)6-8-12/h2-8H,9,17H2,1H3,(H,18,19). The number of anilines is 2. The predicted octanol–water partition coefficient (Wildman–Crippen LogP) is 2.73. The molecule has 0 radical (unpaired) electrons. The van der Waals surface area contributed by atoms with E-state index in [4.69, 9.17) is 10.5 Å². The first-order chi connectivity index (χ1) is 9.56. The van der Waals surface area contributed by atoms with Crippen LogP contribution in [0, 0.1) is 12.7 Å². The van der Waals surface area contributed by atoms with E-state index in [1.54, 1.807) is 43.3 Å². The zero-order chi connectivity index (χ0) is 14.5. The van der Waals surface area contributed by atoms with Crippen LogP contribution in [-0.2, 0) is 4.79 Å². The molecule has 2 rings (SSSR count). The Balaban J connectivity index is 1.92. The molecule has 4 nitrogen and oxygen atoms in total. The topological polar surface area (TPSA) is 64.3 Å². The second kappa shape index (κ2) is 6.06. The third kappa shape index (κ3) is 3.47. The third-order valence-corrected chi connectivity index (χ3v) is 2.79. The summed E-state index contributed by atoms with van der Waals surface area (Å²) in [6, 6.07) is 11.2. The molecule has 0 unspecified atom stereocenters. The molecule has 5 heteroatoms. The molecule has 20 heavy (non-hydrogen) atoms. The summed E-state index contributed by atoms with van der Waals surface area (Å²) in [7, 11) is 0. The van der Waals surface area contributed by atoms with Crippen molar-refractivity contribution in [1.82, 2.24) is 0 Å². The van der Waals surface area contributed by atoms with Crippen molar-refractivity contribution in [2.45, 2.75) is 6.92 Å². The first-order valence-corrected chi connectivity index (χ1v) is 6.09. The summed E-state index contributed by atoms with van der Waals surface area (Å²) in [5.41, 5.74) is 7.00. The van der Waals surface area contributed by atoms with Crippen LogP contribution in [0.1, 0.15) is 5.56 Å². The zero-order valence-corrected chi connectivity index (χ0v) is 11.0. The molecule has 104 valence electrons. The monoisotopic (exact) mass is 274 g/mol. The van der Waals surface area contributed by atoms with Crippen LogP contribution in [0.5, 0.6) is 5.75 Å². The van der Waals surface area contributed by atoms with Gasteiger partial charge in [-0.25, -0.2) is 4.39 Å². The van der Waals surface area contributed by atoms with E-state index in [9.17, 15) is 9.18 Å². The maximum atomic E-state index is 13.3. The fourth-order valence-corrected chi connectivity index (χ4v) is 1.64. The SMILES string of the molecule is Cc1c(F)cccc1NC(=O)COc1ccc(N)cc1. The number of halogens is 1. The Morgan fingerprint density at radius 1 is 1.25 bits per heavy atom. The zero-order valence-electron chi connectivity index (χ0n) is 11.0. The molecule has 0 aliphatic heterocycles. The van der Waals surface area contributed by atoms with Crippen LogP contribution in [0.3, 0.4) is 0 Å². The third-order valence-electron chi connectivity index (χ3n) is 2.79. The van der Waals surface area contributed by atoms with Gasteiger partial charge in [0.25, 0.3) is 5.91 Å². The van der Waals surface area contributed by atoms with Crippen molar-refractivity contribution in [1.29, 1.82) is 0 Å². The van der Waals surface area contributed by atoms with Gasteiger partial charge in [-0.15, -0.1) is 0 Å². The van der Waals surface area contributed by atoms with E-state index in [-0.39, 0.29) is 18.3 Å². The van der Waals surface area contributed by atoms with Crippen LogP contribution < -0.4 is 15.8 Å². The molecule has 0 aromatic heterocycles. The number of nitrogens with one attached hydrogen (secondary N) is 1. The van der Waals surface area contributed by atoms with Crippen molar-refractivity contribution in [3.8, 4) is 5.75 Å². The van der Waals surface area contributed by atoms with Crippen molar-refractivity contribution in [2.24, 2.45) is 0 Å². The Kier molecular flexibility index (Phi) is 4.20. The average molecular weight is 274 g/mol. The molecule has 0 spiro atoms. The highest BCUT2D eigenvalue weighted by Gasteiger charge is 2.08. The summed E-state index contributed by atoms with van der Waals surface area (Å²) in [5, 5.41) is 2.60. The van der Waals surface area contributed by atoms with Gasteiger partial charge in [0.1, 0.15) is 11.6 Å². The molecule has 0 atom stereocenters. The highest BCUT2D eigenvalue weighted by molar-refractivity contribution is 5.92. The fraction of sp³-hybridized carbons (Fsp3) is 0.133. The largest absolute Gasteiger partial charge is 0.484 e. The quantitative estimate of drug-likeness (QED) is 0.842. The number of carbonyl (C=O) groups is 1. The lowest BCUT2D eigenvalue weighted by molar-refractivity contribution is -0.118. The van der Waals surface area contributed by atoms with E-state index >= 15 is 0 Å². The average Bonchev–Trinajstić information content (AvgIpc) is 2.43. The maximum Gasteiger partial charge on any atom is 0.262 e. The number of nitrogens with two attached hydrogens (primary N) is 1. The number of amides is 1. The molecule has 0 saturated heterocycles. The second-order valence-corrected chi connectivity index (χ2v) is 4.32. The molecule has 0 bridgehead atoms. The molecule has 0 heterocycles. The number of ether oxygens (including phenoxy) is 1. The first kappa shape index (κ1) is 13.9. The van der Waals surface area contributed by atoms with Gasteiger partial charge in [0.15, 0.2) is 6.61 Å². The molecule has 1 amide bonds. The number of carbonyl (C=O) groups excluding carboxylic acids is 1. The summed E-state index contributed by atoms with van der Waals surface area (Å²) in [6.45, 7) is 1.45. The lowest BCUT2D eigenvalue weighted by Gasteiger charge is -2.10. The molecule has 2 aromatic rings. The van der Waals surface area contributed by atoms with Gasteiger partial charge >= 0.3 is 0 Å². The Labute approximate surface area is 116 Å². The number of hydrogen-bond acceptors (Lipinski definition) is 3. The van der Waals surface area contributed by atoms with Crippen LogP contribution in [-0.4, -0.2) is 12.5 Å².